The summed E-state index contributed by atoms with van der Waals surface area (Å²) in [5.41, 5.74) is 10.2. The Bertz CT molecular complexity index is 1300. The number of nitrogens with zero attached hydrogens (tertiary/aromatic N) is 3. The lowest BCUT2D eigenvalue weighted by atomic mass is 10.1. The minimum absolute atomic E-state index is 0.360. The average Bonchev–Trinajstić information content (AvgIpc) is 2.99. The number of sulfonamides is 1. The number of anilines is 1. The Morgan fingerprint density at radius 3 is 2.27 bits per heavy atom. The fraction of sp³-hybridized carbons (Fsp3) is 0.280. The monoisotopic (exact) mass is 466 g/mol. The number of hydrogen-bond acceptors (Lipinski definition) is 4. The van der Waals surface area contributed by atoms with Crippen molar-refractivity contribution in [3.8, 4) is 5.69 Å². The van der Waals surface area contributed by atoms with Crippen LogP contribution >= 0.6 is 0 Å². The maximum absolute atomic E-state index is 12.5. The molecule has 7 nitrogen and oxygen atoms in total. The molecule has 0 unspecified atom stereocenters. The van der Waals surface area contributed by atoms with Crippen LogP contribution in [0.3, 0.4) is 0 Å². The van der Waals surface area contributed by atoms with Crippen LogP contribution < -0.4 is 9.73 Å². The molecule has 0 atom stereocenters. The number of benzene rings is 2. The molecule has 174 valence electrons. The van der Waals surface area contributed by atoms with E-state index in [2.05, 4.69) is 41.1 Å². The van der Waals surface area contributed by atoms with Gasteiger partial charge in [-0.15, -0.1) is 0 Å². The SMILES string of the molecule is Cc1cccc(N(CC(=O)NN=Cc2cc(C)n(-c3c(C)cccc3C)c2C)S(C)(=O)=O)c1. The normalized spacial score (nSPS) is 11.7. The van der Waals surface area contributed by atoms with E-state index >= 15 is 0 Å². The van der Waals surface area contributed by atoms with Gasteiger partial charge in [-0.05, 0) is 69.5 Å². The lowest BCUT2D eigenvalue weighted by Gasteiger charge is -2.21. The van der Waals surface area contributed by atoms with Crippen molar-refractivity contribution in [2.24, 2.45) is 5.10 Å². The first-order valence-electron chi connectivity index (χ1n) is 10.6. The van der Waals surface area contributed by atoms with Gasteiger partial charge in [0.25, 0.3) is 5.91 Å². The van der Waals surface area contributed by atoms with E-state index in [0.717, 1.165) is 38.8 Å². The summed E-state index contributed by atoms with van der Waals surface area (Å²) in [5.74, 6) is -0.526. The molecule has 2 aromatic carbocycles. The van der Waals surface area contributed by atoms with Gasteiger partial charge in [0.1, 0.15) is 6.54 Å². The van der Waals surface area contributed by atoms with Crippen molar-refractivity contribution in [1.82, 2.24) is 9.99 Å². The van der Waals surface area contributed by atoms with Gasteiger partial charge < -0.3 is 4.57 Å². The van der Waals surface area contributed by atoms with E-state index in [1.165, 1.54) is 11.1 Å². The van der Waals surface area contributed by atoms with Gasteiger partial charge in [-0.1, -0.05) is 30.3 Å². The minimum Gasteiger partial charge on any atom is -0.317 e. The summed E-state index contributed by atoms with van der Waals surface area (Å²) in [5, 5.41) is 4.08. The highest BCUT2D eigenvalue weighted by Crippen LogP contribution is 2.25. The summed E-state index contributed by atoms with van der Waals surface area (Å²) < 4.78 is 27.8. The lowest BCUT2D eigenvalue weighted by molar-refractivity contribution is -0.119. The summed E-state index contributed by atoms with van der Waals surface area (Å²) in [7, 11) is -3.64. The molecule has 0 bridgehead atoms. The minimum atomic E-state index is -3.64. The molecule has 0 saturated carbocycles. The van der Waals surface area contributed by atoms with Crippen molar-refractivity contribution in [1.29, 1.82) is 0 Å². The summed E-state index contributed by atoms with van der Waals surface area (Å²) >= 11 is 0. The van der Waals surface area contributed by atoms with Gasteiger partial charge in [0.05, 0.1) is 23.8 Å². The molecular formula is C25H30N4O3S. The Labute approximate surface area is 195 Å². The standard InChI is InChI=1S/C25H30N4O3S/c1-17-9-7-12-23(13-17)28(33(6,31)32)16-24(30)27-26-15-22-14-20(4)29(21(22)5)25-18(2)10-8-11-19(25)3/h7-15H,16H2,1-6H3,(H,27,30). The van der Waals surface area contributed by atoms with Gasteiger partial charge in [-0.3, -0.25) is 9.10 Å². The van der Waals surface area contributed by atoms with E-state index in [1.807, 2.05) is 39.0 Å². The van der Waals surface area contributed by atoms with Crippen molar-refractivity contribution >= 4 is 27.8 Å². The second-order valence-corrected chi connectivity index (χ2v) is 10.2. The van der Waals surface area contributed by atoms with E-state index in [1.54, 1.807) is 24.4 Å². The largest absolute Gasteiger partial charge is 0.317 e. The van der Waals surface area contributed by atoms with Gasteiger partial charge >= 0.3 is 0 Å². The molecule has 8 heteroatoms. The van der Waals surface area contributed by atoms with Crippen LogP contribution in [0.2, 0.25) is 0 Å². The molecular weight excluding hydrogens is 436 g/mol. The van der Waals surface area contributed by atoms with Crippen LogP contribution in [0, 0.1) is 34.6 Å². The topological polar surface area (TPSA) is 83.8 Å². The van der Waals surface area contributed by atoms with Gasteiger partial charge in [0.2, 0.25) is 10.0 Å². The van der Waals surface area contributed by atoms with Crippen LogP contribution in [0.15, 0.2) is 53.6 Å². The molecule has 0 radical (unpaired) electrons. The molecule has 0 spiro atoms. The highest BCUT2D eigenvalue weighted by atomic mass is 32.2. The number of aryl methyl sites for hydroxylation is 4. The molecule has 1 amide bonds. The van der Waals surface area contributed by atoms with Gasteiger partial charge in [0, 0.05) is 17.0 Å². The number of amides is 1. The third-order valence-corrected chi connectivity index (χ3v) is 6.64. The molecule has 3 rings (SSSR count). The Kier molecular flexibility index (Phi) is 7.07. The molecule has 1 heterocycles. The van der Waals surface area contributed by atoms with Crippen LogP contribution in [0.4, 0.5) is 5.69 Å². The Balaban J connectivity index is 1.78. The predicted octanol–water partition coefficient (Wildman–Crippen LogP) is 3.94. The zero-order valence-electron chi connectivity index (χ0n) is 19.9. The van der Waals surface area contributed by atoms with Gasteiger partial charge in [-0.2, -0.15) is 5.10 Å². The average molecular weight is 467 g/mol. The molecule has 0 aliphatic carbocycles. The maximum atomic E-state index is 12.5. The zero-order chi connectivity index (χ0) is 24.3. The molecule has 33 heavy (non-hydrogen) atoms. The van der Waals surface area contributed by atoms with Crippen molar-refractivity contribution in [3.63, 3.8) is 0 Å². The summed E-state index contributed by atoms with van der Waals surface area (Å²) in [6.45, 7) is 9.70. The number of hydrogen-bond donors (Lipinski definition) is 1. The fourth-order valence-corrected chi connectivity index (χ4v) is 4.79. The third kappa shape index (κ3) is 5.51. The lowest BCUT2D eigenvalue weighted by Crippen LogP contribution is -2.39. The third-order valence-electron chi connectivity index (χ3n) is 5.50. The highest BCUT2D eigenvalue weighted by molar-refractivity contribution is 7.92. The van der Waals surface area contributed by atoms with Crippen molar-refractivity contribution in [3.05, 3.63) is 82.2 Å². The zero-order valence-corrected chi connectivity index (χ0v) is 20.7. The number of carbonyl (C=O) groups is 1. The Morgan fingerprint density at radius 2 is 1.67 bits per heavy atom. The van der Waals surface area contributed by atoms with E-state index in [0.29, 0.717) is 5.69 Å². The number of rotatable bonds is 7. The Morgan fingerprint density at radius 1 is 1.03 bits per heavy atom. The van der Waals surface area contributed by atoms with Crippen molar-refractivity contribution in [2.75, 3.05) is 17.1 Å². The quantitative estimate of drug-likeness (QED) is 0.423. The second kappa shape index (κ2) is 9.62. The number of para-hydroxylation sites is 1. The summed E-state index contributed by atoms with van der Waals surface area (Å²) in [6.07, 6.45) is 2.66. The van der Waals surface area contributed by atoms with Gasteiger partial charge in [0.15, 0.2) is 0 Å². The van der Waals surface area contributed by atoms with Crippen LogP contribution in [0.5, 0.6) is 0 Å². The van der Waals surface area contributed by atoms with Crippen LogP contribution in [0.1, 0.15) is 33.6 Å². The number of carbonyl (C=O) groups excluding carboxylic acids is 1. The van der Waals surface area contributed by atoms with Crippen LogP contribution in [0.25, 0.3) is 5.69 Å². The number of aromatic nitrogens is 1. The first kappa shape index (κ1) is 24.3. The van der Waals surface area contributed by atoms with Crippen LogP contribution in [-0.2, 0) is 14.8 Å². The summed E-state index contributed by atoms with van der Waals surface area (Å²) in [6, 6.07) is 15.2. The molecule has 0 fully saturated rings. The van der Waals surface area contributed by atoms with E-state index < -0.39 is 15.9 Å². The smallest absolute Gasteiger partial charge is 0.260 e. The first-order chi connectivity index (χ1) is 15.5. The fourth-order valence-electron chi connectivity index (χ4n) is 3.94. The molecule has 1 aromatic heterocycles. The van der Waals surface area contributed by atoms with E-state index in [4.69, 9.17) is 0 Å². The number of hydrazone groups is 1. The predicted molar refractivity (Wildman–Crippen MR) is 134 cm³/mol. The van der Waals surface area contributed by atoms with Crippen molar-refractivity contribution in [2.45, 2.75) is 34.6 Å². The highest BCUT2D eigenvalue weighted by Gasteiger charge is 2.21. The van der Waals surface area contributed by atoms with E-state index in [-0.39, 0.29) is 6.54 Å². The molecule has 0 saturated heterocycles. The van der Waals surface area contributed by atoms with E-state index in [9.17, 15) is 13.2 Å². The molecule has 0 aliphatic heterocycles. The van der Waals surface area contributed by atoms with Crippen LogP contribution in [-0.4, -0.2) is 37.9 Å². The summed E-state index contributed by atoms with van der Waals surface area (Å²) in [4.78, 5) is 12.5. The molecule has 1 N–H and O–H groups in total. The number of nitrogens with one attached hydrogen (secondary N) is 1. The molecule has 3 aromatic rings. The molecule has 0 aliphatic rings. The Hall–Kier alpha value is -3.39. The second-order valence-electron chi connectivity index (χ2n) is 8.30. The first-order valence-corrected chi connectivity index (χ1v) is 12.5. The van der Waals surface area contributed by atoms with Crippen molar-refractivity contribution < 1.29 is 13.2 Å². The maximum Gasteiger partial charge on any atom is 0.260 e. The van der Waals surface area contributed by atoms with Gasteiger partial charge in [-0.25, -0.2) is 13.8 Å².